The summed E-state index contributed by atoms with van der Waals surface area (Å²) in [4.78, 5) is 21.8. The summed E-state index contributed by atoms with van der Waals surface area (Å²) in [6.07, 6.45) is 11.0. The molecule has 2 saturated carbocycles. The second-order valence-electron chi connectivity index (χ2n) is 8.58. The number of guanidine groups is 1. The van der Waals surface area contributed by atoms with E-state index in [0.29, 0.717) is 6.54 Å². The molecule has 6 nitrogen and oxygen atoms in total. The first-order chi connectivity index (χ1) is 13.0. The molecule has 0 bridgehead atoms. The Morgan fingerprint density at radius 3 is 2.25 bits per heavy atom. The molecule has 0 atom stereocenters. The van der Waals surface area contributed by atoms with Gasteiger partial charge in [0.15, 0.2) is 5.96 Å². The summed E-state index contributed by atoms with van der Waals surface area (Å²) in [6, 6.07) is 0.736. The van der Waals surface area contributed by atoms with Crippen LogP contribution in [0.4, 0.5) is 0 Å². The number of carbonyl (C=O) groups is 1. The summed E-state index contributed by atoms with van der Waals surface area (Å²) in [5.74, 6) is 1.07. The van der Waals surface area contributed by atoms with Crippen molar-refractivity contribution in [1.82, 2.24) is 20.4 Å². The molecule has 7 heteroatoms. The Morgan fingerprint density at radius 1 is 1.04 bits per heavy atom. The van der Waals surface area contributed by atoms with E-state index in [2.05, 4.69) is 29.5 Å². The second-order valence-corrected chi connectivity index (χ2v) is 8.58. The van der Waals surface area contributed by atoms with Gasteiger partial charge in [-0.05, 0) is 39.7 Å². The highest BCUT2D eigenvalue weighted by Gasteiger charge is 2.42. The summed E-state index contributed by atoms with van der Waals surface area (Å²) >= 11 is 0. The summed E-state index contributed by atoms with van der Waals surface area (Å²) < 4.78 is 0. The van der Waals surface area contributed by atoms with Gasteiger partial charge in [0.2, 0.25) is 5.91 Å². The third-order valence-electron chi connectivity index (χ3n) is 6.26. The lowest BCUT2D eigenvalue weighted by molar-refractivity contribution is -0.138. The van der Waals surface area contributed by atoms with E-state index >= 15 is 0 Å². The van der Waals surface area contributed by atoms with Gasteiger partial charge in [-0.3, -0.25) is 9.79 Å². The van der Waals surface area contributed by atoms with Crippen LogP contribution in [0.5, 0.6) is 0 Å². The topological polar surface area (TPSA) is 60.0 Å². The Balaban J connectivity index is 0.00000392. The predicted octanol–water partition coefficient (Wildman–Crippen LogP) is 3.07. The monoisotopic (exact) mass is 507 g/mol. The van der Waals surface area contributed by atoms with Gasteiger partial charge in [0.05, 0.1) is 12.0 Å². The molecule has 0 aromatic heterocycles. The molecule has 2 fully saturated rings. The van der Waals surface area contributed by atoms with Gasteiger partial charge in [-0.15, -0.1) is 24.0 Å². The Bertz CT molecular complexity index is 485. The molecule has 164 valence electrons. The van der Waals surface area contributed by atoms with Crippen LogP contribution in [-0.2, 0) is 4.79 Å². The van der Waals surface area contributed by atoms with Gasteiger partial charge in [-0.25, -0.2) is 0 Å². The van der Waals surface area contributed by atoms with Crippen molar-refractivity contribution in [3.8, 4) is 0 Å². The number of hydrogen-bond acceptors (Lipinski definition) is 3. The number of hydrogen-bond donors (Lipinski definition) is 2. The molecule has 0 aliphatic heterocycles. The molecule has 0 aromatic rings. The molecule has 0 spiro atoms. The number of aliphatic imine (C=N–C) groups is 1. The Labute approximate surface area is 189 Å². The van der Waals surface area contributed by atoms with E-state index in [-0.39, 0.29) is 35.3 Å². The van der Waals surface area contributed by atoms with Gasteiger partial charge in [0, 0.05) is 39.8 Å². The summed E-state index contributed by atoms with van der Waals surface area (Å²) in [7, 11) is 5.96. The van der Waals surface area contributed by atoms with E-state index in [0.717, 1.165) is 57.3 Å². The molecule has 1 amide bonds. The van der Waals surface area contributed by atoms with Crippen LogP contribution < -0.4 is 10.6 Å². The molecule has 28 heavy (non-hydrogen) atoms. The van der Waals surface area contributed by atoms with Crippen molar-refractivity contribution >= 4 is 35.8 Å². The third-order valence-corrected chi connectivity index (χ3v) is 6.26. The molecule has 0 radical (unpaired) electrons. The standard InChI is InChI=1S/C21H41N5O.HI/c1-5-22-20(23-15-16-26(4)18-11-7-6-8-12-18)24-17-21(13-9-10-14-21)19(27)25(2)3;/h18H,5-17H2,1-4H3,(H2,22,23,24);1H. The number of rotatable bonds is 8. The maximum atomic E-state index is 12.7. The number of amides is 1. The van der Waals surface area contributed by atoms with E-state index < -0.39 is 0 Å². The smallest absolute Gasteiger partial charge is 0.230 e. The number of carbonyl (C=O) groups excluding carboxylic acids is 1. The molecule has 2 aliphatic carbocycles. The molecular formula is C21H42IN5O. The summed E-state index contributed by atoms with van der Waals surface area (Å²) in [5.41, 5.74) is -0.301. The van der Waals surface area contributed by atoms with Gasteiger partial charge in [0.25, 0.3) is 0 Å². The van der Waals surface area contributed by atoms with E-state index in [4.69, 9.17) is 4.99 Å². The maximum Gasteiger partial charge on any atom is 0.230 e. The van der Waals surface area contributed by atoms with Crippen LogP contribution in [0.15, 0.2) is 4.99 Å². The fourth-order valence-corrected chi connectivity index (χ4v) is 4.59. The predicted molar refractivity (Wildman–Crippen MR) is 128 cm³/mol. The van der Waals surface area contributed by atoms with Crippen LogP contribution in [0.25, 0.3) is 0 Å². The zero-order chi connectivity index (χ0) is 19.7. The minimum absolute atomic E-state index is 0. The van der Waals surface area contributed by atoms with Gasteiger partial charge in [0.1, 0.15) is 0 Å². The Morgan fingerprint density at radius 2 is 1.68 bits per heavy atom. The highest BCUT2D eigenvalue weighted by molar-refractivity contribution is 14.0. The highest BCUT2D eigenvalue weighted by atomic mass is 127. The first-order valence-corrected chi connectivity index (χ1v) is 10.9. The van der Waals surface area contributed by atoms with Crippen LogP contribution in [0.1, 0.15) is 64.7 Å². The molecule has 0 unspecified atom stereocenters. The quantitative estimate of drug-likeness (QED) is 0.301. The summed E-state index contributed by atoms with van der Waals surface area (Å²) in [6.45, 7) is 5.41. The summed E-state index contributed by atoms with van der Waals surface area (Å²) in [5, 5.41) is 6.81. The Hall–Kier alpha value is -0.570. The molecule has 2 rings (SSSR count). The van der Waals surface area contributed by atoms with Crippen molar-refractivity contribution < 1.29 is 4.79 Å². The van der Waals surface area contributed by atoms with Crippen LogP contribution in [-0.4, -0.2) is 75.0 Å². The number of likely N-dealkylation sites (N-methyl/N-ethyl adjacent to an activating group) is 1. The van der Waals surface area contributed by atoms with Gasteiger partial charge >= 0.3 is 0 Å². The average Bonchev–Trinajstić information content (AvgIpc) is 3.16. The van der Waals surface area contributed by atoms with Gasteiger partial charge < -0.3 is 20.4 Å². The van der Waals surface area contributed by atoms with Crippen molar-refractivity contribution in [3.63, 3.8) is 0 Å². The molecular weight excluding hydrogens is 465 g/mol. The molecule has 2 aliphatic rings. The first-order valence-electron chi connectivity index (χ1n) is 10.9. The zero-order valence-corrected chi connectivity index (χ0v) is 20.8. The van der Waals surface area contributed by atoms with Crippen LogP contribution >= 0.6 is 24.0 Å². The first kappa shape index (κ1) is 25.5. The molecule has 2 N–H and O–H groups in total. The third kappa shape index (κ3) is 7.35. The molecule has 0 heterocycles. The van der Waals surface area contributed by atoms with E-state index in [1.54, 1.807) is 4.90 Å². The second kappa shape index (κ2) is 12.9. The highest BCUT2D eigenvalue weighted by Crippen LogP contribution is 2.39. The minimum atomic E-state index is -0.301. The van der Waals surface area contributed by atoms with E-state index in [1.807, 2.05) is 14.1 Å². The van der Waals surface area contributed by atoms with E-state index in [1.165, 1.54) is 32.1 Å². The SMILES string of the molecule is CCNC(=NCC1(C(=O)N(C)C)CCCC1)NCCN(C)C1CCCCC1.I. The van der Waals surface area contributed by atoms with Crippen molar-refractivity contribution in [2.45, 2.75) is 70.8 Å². The largest absolute Gasteiger partial charge is 0.357 e. The number of nitrogens with zero attached hydrogens (tertiary/aromatic N) is 3. The van der Waals surface area contributed by atoms with Crippen LogP contribution in [0, 0.1) is 5.41 Å². The van der Waals surface area contributed by atoms with Crippen LogP contribution in [0.3, 0.4) is 0 Å². The lowest BCUT2D eigenvalue weighted by Crippen LogP contribution is -2.45. The van der Waals surface area contributed by atoms with E-state index in [9.17, 15) is 4.79 Å². The van der Waals surface area contributed by atoms with Crippen LogP contribution in [0.2, 0.25) is 0 Å². The normalized spacial score (nSPS) is 20.0. The lowest BCUT2D eigenvalue weighted by atomic mass is 9.85. The zero-order valence-electron chi connectivity index (χ0n) is 18.4. The number of nitrogens with one attached hydrogen (secondary N) is 2. The van der Waals surface area contributed by atoms with Gasteiger partial charge in [-0.1, -0.05) is 32.1 Å². The fraction of sp³-hybridized carbons (Fsp3) is 0.905. The van der Waals surface area contributed by atoms with Gasteiger partial charge in [-0.2, -0.15) is 0 Å². The lowest BCUT2D eigenvalue weighted by Gasteiger charge is -2.31. The minimum Gasteiger partial charge on any atom is -0.357 e. The van der Waals surface area contributed by atoms with Crippen molar-refractivity contribution in [3.05, 3.63) is 0 Å². The average molecular weight is 508 g/mol. The van der Waals surface area contributed by atoms with Crippen molar-refractivity contribution in [1.29, 1.82) is 0 Å². The molecule has 0 aromatic carbocycles. The Kier molecular flexibility index (Phi) is 11.7. The van der Waals surface area contributed by atoms with Crippen molar-refractivity contribution in [2.24, 2.45) is 10.4 Å². The molecule has 0 saturated heterocycles. The van der Waals surface area contributed by atoms with Crippen molar-refractivity contribution in [2.75, 3.05) is 47.3 Å². The fourth-order valence-electron chi connectivity index (χ4n) is 4.59. The number of halogens is 1. The maximum absolute atomic E-state index is 12.7.